The molecule has 1 aliphatic heterocycles. The summed E-state index contributed by atoms with van der Waals surface area (Å²) in [5.41, 5.74) is 7.53. The van der Waals surface area contributed by atoms with E-state index in [2.05, 4.69) is 15.6 Å². The molecule has 33 heavy (non-hydrogen) atoms. The number of pyridine rings is 1. The first kappa shape index (κ1) is 22.0. The van der Waals surface area contributed by atoms with E-state index in [9.17, 15) is 18.4 Å². The smallest absolute Gasteiger partial charge is 0.408 e. The van der Waals surface area contributed by atoms with Gasteiger partial charge in [-0.3, -0.25) is 9.78 Å². The summed E-state index contributed by atoms with van der Waals surface area (Å²) in [5.74, 6) is -2.50. The van der Waals surface area contributed by atoms with Crippen LogP contribution >= 0.6 is 0 Å². The molecular formula is C23H20F2N4O4. The minimum atomic E-state index is -1.09. The molecule has 1 aliphatic rings. The predicted octanol–water partition coefficient (Wildman–Crippen LogP) is 3.94. The van der Waals surface area contributed by atoms with Crippen LogP contribution in [-0.4, -0.2) is 23.6 Å². The third-order valence-electron chi connectivity index (χ3n) is 4.96. The maximum absolute atomic E-state index is 13.5. The Morgan fingerprint density at radius 3 is 2.76 bits per heavy atom. The number of alkyl carbamates (subject to hydrolysis) is 1. The lowest BCUT2D eigenvalue weighted by atomic mass is 9.96. The number of nitrogen functional groups attached to an aromatic ring is 1. The fourth-order valence-corrected chi connectivity index (χ4v) is 3.43. The number of nitrogens with zero attached hydrogens (tertiary/aromatic N) is 1. The number of hydrogen-bond acceptors (Lipinski definition) is 6. The second-order valence-corrected chi connectivity index (χ2v) is 7.30. The van der Waals surface area contributed by atoms with Crippen molar-refractivity contribution in [3.8, 4) is 5.75 Å². The Balaban J connectivity index is 1.51. The number of benzene rings is 2. The predicted molar refractivity (Wildman–Crippen MR) is 116 cm³/mol. The van der Waals surface area contributed by atoms with Crippen molar-refractivity contribution in [2.24, 2.45) is 0 Å². The van der Waals surface area contributed by atoms with E-state index in [1.165, 1.54) is 12.1 Å². The molecule has 0 fully saturated rings. The molecule has 0 radical (unpaired) electrons. The van der Waals surface area contributed by atoms with E-state index in [0.29, 0.717) is 17.7 Å². The number of carbonyl (C=O) groups excluding carboxylic acids is 2. The van der Waals surface area contributed by atoms with Crippen molar-refractivity contribution in [3.63, 3.8) is 0 Å². The van der Waals surface area contributed by atoms with Crippen LogP contribution in [0.4, 0.5) is 25.0 Å². The van der Waals surface area contributed by atoms with Crippen molar-refractivity contribution in [1.29, 1.82) is 0 Å². The SMILES string of the molecule is Nc1cc(C(=O)Nc2ccc(F)c(F)c2)c2c(c1)[C@@H](NC(=O)OCc1ccccn1)CCO2. The summed E-state index contributed by atoms with van der Waals surface area (Å²) in [7, 11) is 0. The summed E-state index contributed by atoms with van der Waals surface area (Å²) in [6, 6.07) is 10.8. The number of nitrogens with one attached hydrogen (secondary N) is 2. The molecule has 4 N–H and O–H groups in total. The minimum Gasteiger partial charge on any atom is -0.492 e. The maximum atomic E-state index is 13.5. The number of hydrogen-bond donors (Lipinski definition) is 3. The Bertz CT molecular complexity index is 1190. The molecule has 2 amide bonds. The van der Waals surface area contributed by atoms with Crippen molar-refractivity contribution >= 4 is 23.4 Å². The molecule has 10 heteroatoms. The number of aromatic nitrogens is 1. The molecule has 1 atom stereocenters. The van der Waals surface area contributed by atoms with Crippen molar-refractivity contribution in [2.75, 3.05) is 17.7 Å². The maximum Gasteiger partial charge on any atom is 0.408 e. The van der Waals surface area contributed by atoms with Crippen LogP contribution in [0, 0.1) is 11.6 Å². The highest BCUT2D eigenvalue weighted by molar-refractivity contribution is 6.07. The third kappa shape index (κ3) is 5.17. The molecule has 8 nitrogen and oxygen atoms in total. The average Bonchev–Trinajstić information content (AvgIpc) is 2.81. The van der Waals surface area contributed by atoms with E-state index < -0.39 is 29.7 Å². The van der Waals surface area contributed by atoms with Crippen LogP contribution in [0.25, 0.3) is 0 Å². The van der Waals surface area contributed by atoms with E-state index in [1.54, 1.807) is 30.5 Å². The summed E-state index contributed by atoms with van der Waals surface area (Å²) in [6.07, 6.45) is 1.37. The average molecular weight is 454 g/mol. The van der Waals surface area contributed by atoms with Crippen LogP contribution in [0.3, 0.4) is 0 Å². The van der Waals surface area contributed by atoms with Gasteiger partial charge in [0.1, 0.15) is 12.4 Å². The highest BCUT2D eigenvalue weighted by atomic mass is 19.2. The number of carbonyl (C=O) groups is 2. The first-order valence-electron chi connectivity index (χ1n) is 10.1. The van der Waals surface area contributed by atoms with Gasteiger partial charge < -0.3 is 25.8 Å². The fourth-order valence-electron chi connectivity index (χ4n) is 3.43. The summed E-state index contributed by atoms with van der Waals surface area (Å²) in [4.78, 5) is 29.3. The summed E-state index contributed by atoms with van der Waals surface area (Å²) >= 11 is 0. The van der Waals surface area contributed by atoms with Crippen molar-refractivity contribution < 1.29 is 27.8 Å². The number of halogens is 2. The van der Waals surface area contributed by atoms with Gasteiger partial charge in [-0.1, -0.05) is 6.07 Å². The third-order valence-corrected chi connectivity index (χ3v) is 4.96. The second-order valence-electron chi connectivity index (χ2n) is 7.30. The molecule has 0 unspecified atom stereocenters. The largest absolute Gasteiger partial charge is 0.492 e. The zero-order valence-corrected chi connectivity index (χ0v) is 17.3. The lowest BCUT2D eigenvalue weighted by molar-refractivity contribution is 0.102. The van der Waals surface area contributed by atoms with Gasteiger partial charge in [-0.2, -0.15) is 0 Å². The monoisotopic (exact) mass is 454 g/mol. The number of fused-ring (bicyclic) bond motifs is 1. The Morgan fingerprint density at radius 1 is 1.15 bits per heavy atom. The molecule has 0 spiro atoms. The van der Waals surface area contributed by atoms with Crippen LogP contribution in [0.2, 0.25) is 0 Å². The van der Waals surface area contributed by atoms with Crippen LogP contribution < -0.4 is 21.1 Å². The van der Waals surface area contributed by atoms with E-state index in [0.717, 1.165) is 12.1 Å². The lowest BCUT2D eigenvalue weighted by Crippen LogP contribution is -2.33. The molecule has 4 rings (SSSR count). The van der Waals surface area contributed by atoms with Crippen molar-refractivity contribution in [1.82, 2.24) is 10.3 Å². The summed E-state index contributed by atoms with van der Waals surface area (Å²) < 4.78 is 37.6. The van der Waals surface area contributed by atoms with Crippen LogP contribution in [0.15, 0.2) is 54.7 Å². The van der Waals surface area contributed by atoms with Crippen molar-refractivity contribution in [3.05, 3.63) is 83.2 Å². The van der Waals surface area contributed by atoms with Gasteiger partial charge in [0.05, 0.1) is 23.9 Å². The molecule has 170 valence electrons. The van der Waals surface area contributed by atoms with Gasteiger partial charge in [0, 0.05) is 35.6 Å². The summed E-state index contributed by atoms with van der Waals surface area (Å²) in [6.45, 7) is 0.231. The van der Waals surface area contributed by atoms with E-state index in [1.807, 2.05) is 0 Å². The molecule has 0 aliphatic carbocycles. The zero-order valence-electron chi connectivity index (χ0n) is 17.3. The molecule has 1 aromatic heterocycles. The number of amides is 2. The van der Waals surface area contributed by atoms with Gasteiger partial charge >= 0.3 is 6.09 Å². The normalized spacial score (nSPS) is 14.5. The molecule has 2 heterocycles. The van der Waals surface area contributed by atoms with E-state index in [4.69, 9.17) is 15.2 Å². The van der Waals surface area contributed by atoms with Gasteiger partial charge in [0.15, 0.2) is 11.6 Å². The van der Waals surface area contributed by atoms with E-state index in [-0.39, 0.29) is 35.9 Å². The van der Waals surface area contributed by atoms with Gasteiger partial charge in [0.2, 0.25) is 0 Å². The number of ether oxygens (including phenoxy) is 2. The van der Waals surface area contributed by atoms with Crippen molar-refractivity contribution in [2.45, 2.75) is 19.1 Å². The molecule has 3 aromatic rings. The molecule has 0 saturated heterocycles. The first-order chi connectivity index (χ1) is 15.9. The van der Waals surface area contributed by atoms with Gasteiger partial charge in [-0.25, -0.2) is 13.6 Å². The highest BCUT2D eigenvalue weighted by Gasteiger charge is 2.28. The van der Waals surface area contributed by atoms with Gasteiger partial charge in [0.25, 0.3) is 5.91 Å². The fraction of sp³-hybridized carbons (Fsp3) is 0.174. The number of anilines is 2. The second kappa shape index (κ2) is 9.51. The van der Waals surface area contributed by atoms with Gasteiger partial charge in [-0.05, 0) is 36.4 Å². The Labute approximate surface area is 187 Å². The van der Waals surface area contributed by atoms with E-state index >= 15 is 0 Å². The standard InChI is InChI=1S/C23H20F2N4O4/c24-18-5-4-14(11-19(18)25)28-22(30)17-10-13(26)9-16-20(6-8-32-21(16)17)29-23(31)33-12-15-3-1-2-7-27-15/h1-5,7,9-11,20H,6,8,12,26H2,(H,28,30)(H,29,31)/t20-/m0/s1. The Kier molecular flexibility index (Phi) is 6.34. The molecule has 0 bridgehead atoms. The molecular weight excluding hydrogens is 434 g/mol. The lowest BCUT2D eigenvalue weighted by Gasteiger charge is -2.28. The molecule has 2 aromatic carbocycles. The minimum absolute atomic E-state index is 0.00155. The Hall–Kier alpha value is -4.21. The zero-order chi connectivity index (χ0) is 23.4. The quantitative estimate of drug-likeness (QED) is 0.503. The molecule has 0 saturated carbocycles. The van der Waals surface area contributed by atoms with Crippen LogP contribution in [0.1, 0.15) is 34.1 Å². The first-order valence-corrected chi connectivity index (χ1v) is 10.1. The topological polar surface area (TPSA) is 116 Å². The summed E-state index contributed by atoms with van der Waals surface area (Å²) in [5, 5.41) is 5.25. The Morgan fingerprint density at radius 2 is 2.00 bits per heavy atom. The van der Waals surface area contributed by atoms with Crippen LogP contribution in [0.5, 0.6) is 5.75 Å². The number of rotatable bonds is 5. The highest BCUT2D eigenvalue weighted by Crippen LogP contribution is 2.37. The van der Waals surface area contributed by atoms with Gasteiger partial charge in [-0.15, -0.1) is 0 Å². The van der Waals surface area contributed by atoms with Crippen LogP contribution in [-0.2, 0) is 11.3 Å². The number of nitrogens with two attached hydrogens (primary N) is 1.